The Kier molecular flexibility index (Phi) is 4.40. The lowest BCUT2D eigenvalue weighted by Gasteiger charge is -2.17. The minimum absolute atomic E-state index is 0.105. The molecule has 1 aliphatic rings. The minimum Gasteiger partial charge on any atom is -0.233 e. The Morgan fingerprint density at radius 1 is 1.07 bits per heavy atom. The molecule has 0 amide bonds. The van der Waals surface area contributed by atoms with Gasteiger partial charge in [0.2, 0.25) is 10.0 Å². The van der Waals surface area contributed by atoms with Crippen LogP contribution in [-0.2, 0) is 16.4 Å². The van der Waals surface area contributed by atoms with Crippen LogP contribution in [0.1, 0.15) is 42.5 Å². The van der Waals surface area contributed by atoms with Crippen LogP contribution in [-0.4, -0.2) is 18.2 Å². The third kappa shape index (κ3) is 3.31. The summed E-state index contributed by atoms with van der Waals surface area (Å²) in [6, 6.07) is 15.1. The van der Waals surface area contributed by atoms with E-state index in [0.717, 1.165) is 41.9 Å². The predicted octanol–water partition coefficient (Wildman–Crippen LogP) is 3.93. The summed E-state index contributed by atoms with van der Waals surface area (Å²) in [5.74, 6) is 0.419. The summed E-state index contributed by atoms with van der Waals surface area (Å²) in [6.45, 7) is 4.29. The summed E-state index contributed by atoms with van der Waals surface area (Å²) >= 11 is 0. The molecular formula is C21H23N3O2S. The lowest BCUT2D eigenvalue weighted by Crippen LogP contribution is -2.12. The Hall–Kier alpha value is -2.44. The van der Waals surface area contributed by atoms with Gasteiger partial charge in [0, 0.05) is 17.0 Å². The van der Waals surface area contributed by atoms with E-state index in [4.69, 9.17) is 10.2 Å². The lowest BCUT2D eigenvalue weighted by molar-refractivity contribution is 0.575. The molecule has 140 valence electrons. The van der Waals surface area contributed by atoms with E-state index < -0.39 is 10.0 Å². The van der Waals surface area contributed by atoms with Gasteiger partial charge in [-0.3, -0.25) is 0 Å². The van der Waals surface area contributed by atoms with E-state index in [2.05, 4.69) is 38.1 Å². The van der Waals surface area contributed by atoms with Crippen molar-refractivity contribution in [3.05, 3.63) is 65.4 Å². The minimum atomic E-state index is -3.71. The molecule has 27 heavy (non-hydrogen) atoms. The molecule has 1 aliphatic carbocycles. The lowest BCUT2D eigenvalue weighted by atomic mass is 9.87. The van der Waals surface area contributed by atoms with E-state index in [1.165, 1.54) is 23.3 Å². The molecule has 6 heteroatoms. The van der Waals surface area contributed by atoms with Gasteiger partial charge in [-0.05, 0) is 50.5 Å². The number of nitrogens with zero attached hydrogens (tertiary/aromatic N) is 2. The van der Waals surface area contributed by atoms with Gasteiger partial charge in [0.15, 0.2) is 0 Å². The number of rotatable bonds is 3. The molecule has 0 fully saturated rings. The molecule has 0 spiro atoms. The fourth-order valence-electron chi connectivity index (χ4n) is 3.80. The van der Waals surface area contributed by atoms with Gasteiger partial charge < -0.3 is 0 Å². The van der Waals surface area contributed by atoms with Crippen LogP contribution >= 0.6 is 0 Å². The molecule has 2 aromatic carbocycles. The highest BCUT2D eigenvalue weighted by Crippen LogP contribution is 2.38. The average Bonchev–Trinajstić information content (AvgIpc) is 3.03. The van der Waals surface area contributed by atoms with E-state index >= 15 is 0 Å². The molecule has 5 nitrogen and oxygen atoms in total. The Balaban J connectivity index is 1.91. The van der Waals surface area contributed by atoms with Crippen LogP contribution in [0.2, 0.25) is 0 Å². The molecule has 0 bridgehead atoms. The first-order chi connectivity index (χ1) is 12.8. The van der Waals surface area contributed by atoms with Crippen LogP contribution in [0, 0.1) is 6.92 Å². The summed E-state index contributed by atoms with van der Waals surface area (Å²) in [6.07, 6.45) is 3.31. The van der Waals surface area contributed by atoms with E-state index in [1.807, 2.05) is 4.68 Å². The van der Waals surface area contributed by atoms with Crippen LogP contribution in [0.5, 0.6) is 0 Å². The Labute approximate surface area is 159 Å². The first-order valence-electron chi connectivity index (χ1n) is 9.16. The van der Waals surface area contributed by atoms with Crippen molar-refractivity contribution >= 4 is 10.0 Å². The Morgan fingerprint density at radius 3 is 2.37 bits per heavy atom. The van der Waals surface area contributed by atoms with Crippen molar-refractivity contribution in [1.29, 1.82) is 0 Å². The number of primary sulfonamides is 1. The summed E-state index contributed by atoms with van der Waals surface area (Å²) in [4.78, 5) is 0.105. The molecule has 1 heterocycles. The van der Waals surface area contributed by atoms with Gasteiger partial charge in [0.1, 0.15) is 0 Å². The maximum absolute atomic E-state index is 11.6. The van der Waals surface area contributed by atoms with Crippen LogP contribution < -0.4 is 5.14 Å². The van der Waals surface area contributed by atoms with Gasteiger partial charge in [0.05, 0.1) is 22.0 Å². The summed E-state index contributed by atoms with van der Waals surface area (Å²) in [5, 5.41) is 10.2. The third-order valence-corrected chi connectivity index (χ3v) is 6.21. The van der Waals surface area contributed by atoms with Crippen molar-refractivity contribution < 1.29 is 8.42 Å². The summed E-state index contributed by atoms with van der Waals surface area (Å²) in [7, 11) is -3.71. The molecule has 1 unspecified atom stereocenters. The highest BCUT2D eigenvalue weighted by atomic mass is 32.2. The molecule has 3 aromatic rings. The Bertz CT molecular complexity index is 1080. The van der Waals surface area contributed by atoms with Crippen LogP contribution in [0.15, 0.2) is 53.4 Å². The van der Waals surface area contributed by atoms with Crippen molar-refractivity contribution in [1.82, 2.24) is 9.78 Å². The first-order valence-corrected chi connectivity index (χ1v) is 10.7. The van der Waals surface area contributed by atoms with Crippen LogP contribution in [0.25, 0.3) is 16.9 Å². The average molecular weight is 382 g/mol. The van der Waals surface area contributed by atoms with Crippen LogP contribution in [0.3, 0.4) is 0 Å². The van der Waals surface area contributed by atoms with Crippen molar-refractivity contribution in [2.24, 2.45) is 5.14 Å². The number of hydrogen-bond acceptors (Lipinski definition) is 3. The smallest absolute Gasteiger partial charge is 0.233 e. The highest BCUT2D eigenvalue weighted by molar-refractivity contribution is 7.89. The molecule has 1 atom stereocenters. The summed E-state index contributed by atoms with van der Waals surface area (Å²) < 4.78 is 25.1. The van der Waals surface area contributed by atoms with Crippen molar-refractivity contribution in [2.75, 3.05) is 0 Å². The number of benzene rings is 2. The molecule has 0 radical (unpaired) electrons. The number of fused-ring (bicyclic) bond motifs is 1. The topological polar surface area (TPSA) is 78.0 Å². The normalized spacial score (nSPS) is 16.9. The number of sulfonamides is 1. The van der Waals surface area contributed by atoms with Gasteiger partial charge in [-0.15, -0.1) is 0 Å². The quantitative estimate of drug-likeness (QED) is 0.746. The zero-order valence-electron chi connectivity index (χ0n) is 15.5. The van der Waals surface area contributed by atoms with E-state index in [0.29, 0.717) is 5.92 Å². The van der Waals surface area contributed by atoms with Gasteiger partial charge in [-0.25, -0.2) is 18.2 Å². The largest absolute Gasteiger partial charge is 0.238 e. The van der Waals surface area contributed by atoms with E-state index in [1.54, 1.807) is 12.1 Å². The molecule has 0 saturated heterocycles. The fourth-order valence-corrected chi connectivity index (χ4v) is 4.32. The first kappa shape index (κ1) is 17.9. The highest BCUT2D eigenvalue weighted by Gasteiger charge is 2.26. The predicted molar refractivity (Wildman–Crippen MR) is 106 cm³/mol. The van der Waals surface area contributed by atoms with Crippen molar-refractivity contribution in [3.8, 4) is 16.9 Å². The molecule has 0 saturated carbocycles. The van der Waals surface area contributed by atoms with Crippen molar-refractivity contribution in [2.45, 2.75) is 43.9 Å². The summed E-state index contributed by atoms with van der Waals surface area (Å²) in [5.41, 5.74) is 6.71. The number of hydrogen-bond donors (Lipinski definition) is 1. The SMILES string of the molecule is Cc1ccc(-c2c3c(nn2-c2ccc(S(N)(=O)=O)cc2)C(C)CCC3)cc1. The second kappa shape index (κ2) is 6.62. The molecule has 1 aromatic heterocycles. The number of nitrogens with two attached hydrogens (primary N) is 1. The molecular weight excluding hydrogens is 358 g/mol. The Morgan fingerprint density at radius 2 is 1.74 bits per heavy atom. The van der Waals surface area contributed by atoms with Gasteiger partial charge in [-0.1, -0.05) is 36.8 Å². The molecule has 4 rings (SSSR count). The zero-order chi connectivity index (χ0) is 19.2. The standard InChI is InChI=1S/C21H23N3O2S/c1-14-6-8-16(9-7-14)21-19-5-3-4-15(2)20(19)23-24(21)17-10-12-18(13-11-17)27(22,25)26/h6-13,15H,3-5H2,1-2H3,(H2,22,25,26). The molecule has 0 aliphatic heterocycles. The van der Waals surface area contributed by atoms with Gasteiger partial charge in [-0.2, -0.15) is 5.10 Å². The van der Waals surface area contributed by atoms with Crippen LogP contribution in [0.4, 0.5) is 0 Å². The molecule has 2 N–H and O–H groups in total. The van der Waals surface area contributed by atoms with Gasteiger partial charge >= 0.3 is 0 Å². The fraction of sp³-hybridized carbons (Fsp3) is 0.286. The van der Waals surface area contributed by atoms with Crippen molar-refractivity contribution in [3.63, 3.8) is 0 Å². The second-order valence-electron chi connectivity index (χ2n) is 7.32. The van der Waals surface area contributed by atoms with E-state index in [9.17, 15) is 8.42 Å². The number of aromatic nitrogens is 2. The van der Waals surface area contributed by atoms with E-state index in [-0.39, 0.29) is 4.90 Å². The zero-order valence-corrected chi connectivity index (χ0v) is 16.3. The maximum Gasteiger partial charge on any atom is 0.238 e. The maximum atomic E-state index is 11.6. The van der Waals surface area contributed by atoms with Gasteiger partial charge in [0.25, 0.3) is 0 Å². The second-order valence-corrected chi connectivity index (χ2v) is 8.88. The number of aryl methyl sites for hydroxylation is 1. The third-order valence-electron chi connectivity index (χ3n) is 5.28. The monoisotopic (exact) mass is 381 g/mol.